The Morgan fingerprint density at radius 3 is 2.88 bits per heavy atom. The number of aromatic nitrogens is 3. The quantitative estimate of drug-likeness (QED) is 0.805. The number of amides is 2. The molecule has 126 valence electrons. The molecule has 2 amide bonds. The van der Waals surface area contributed by atoms with Gasteiger partial charge in [0.1, 0.15) is 6.61 Å². The number of carbonyl (C=O) groups is 2. The average molecular weight is 329 g/mol. The Morgan fingerprint density at radius 1 is 1.38 bits per heavy atom. The van der Waals surface area contributed by atoms with Crippen LogP contribution in [-0.4, -0.2) is 63.2 Å². The minimum Gasteiger partial charge on any atom is -0.363 e. The smallest absolute Gasteiger partial charge is 0.257 e. The third kappa shape index (κ3) is 2.43. The number of hydrogen-bond acceptors (Lipinski definition) is 5. The van der Waals surface area contributed by atoms with Crippen LogP contribution in [0.5, 0.6) is 0 Å². The van der Waals surface area contributed by atoms with E-state index in [0.29, 0.717) is 25.2 Å². The van der Waals surface area contributed by atoms with Gasteiger partial charge in [0.2, 0.25) is 5.91 Å². The maximum Gasteiger partial charge on any atom is 0.257 e. The summed E-state index contributed by atoms with van der Waals surface area (Å²) in [4.78, 5) is 30.2. The highest BCUT2D eigenvalue weighted by molar-refractivity contribution is 5.95. The average Bonchev–Trinajstić information content (AvgIpc) is 3.08. The second kappa shape index (κ2) is 5.55. The summed E-state index contributed by atoms with van der Waals surface area (Å²) in [5, 5.41) is 7.06. The van der Waals surface area contributed by atoms with Crippen LogP contribution in [-0.2, 0) is 9.53 Å². The third-order valence-electron chi connectivity index (χ3n) is 4.97. The van der Waals surface area contributed by atoms with Crippen LogP contribution >= 0.6 is 0 Å². The van der Waals surface area contributed by atoms with E-state index < -0.39 is 0 Å². The number of rotatable bonds is 1. The fourth-order valence-electron chi connectivity index (χ4n) is 3.39. The molecule has 0 unspecified atom stereocenters. The molecular weight excluding hydrogens is 310 g/mol. The maximum absolute atomic E-state index is 12.8. The Bertz CT molecular complexity index is 795. The standard InChI is InChI=1S/C16H19N5O3/c1-11-12(8-17-13-2-5-19-21(11)13)15(23)20-6-3-16(4-7-20)10-18-14(22)9-24-16/h2,5,8H,3-4,6-7,9-10H2,1H3,(H,18,22). The molecule has 0 saturated carbocycles. The summed E-state index contributed by atoms with van der Waals surface area (Å²) >= 11 is 0. The molecule has 8 nitrogen and oxygen atoms in total. The molecule has 0 bridgehead atoms. The van der Waals surface area contributed by atoms with Gasteiger partial charge >= 0.3 is 0 Å². The van der Waals surface area contributed by atoms with Gasteiger partial charge in [-0.2, -0.15) is 5.10 Å². The van der Waals surface area contributed by atoms with Gasteiger partial charge in [-0.25, -0.2) is 9.50 Å². The number of nitrogens with zero attached hydrogens (tertiary/aromatic N) is 4. The van der Waals surface area contributed by atoms with Gasteiger partial charge < -0.3 is 15.0 Å². The van der Waals surface area contributed by atoms with Crippen LogP contribution in [0.4, 0.5) is 0 Å². The van der Waals surface area contributed by atoms with Crippen molar-refractivity contribution >= 4 is 17.5 Å². The first kappa shape index (κ1) is 15.1. The Balaban J connectivity index is 1.49. The molecule has 2 aliphatic heterocycles. The summed E-state index contributed by atoms with van der Waals surface area (Å²) in [5.41, 5.74) is 1.76. The lowest BCUT2D eigenvalue weighted by Gasteiger charge is -2.43. The molecule has 0 radical (unpaired) electrons. The highest BCUT2D eigenvalue weighted by Crippen LogP contribution is 2.28. The van der Waals surface area contributed by atoms with Crippen molar-refractivity contribution in [2.45, 2.75) is 25.4 Å². The Morgan fingerprint density at radius 2 is 2.17 bits per heavy atom. The summed E-state index contributed by atoms with van der Waals surface area (Å²) in [7, 11) is 0. The molecule has 0 aliphatic carbocycles. The minimum atomic E-state index is -0.329. The number of likely N-dealkylation sites (tertiary alicyclic amines) is 1. The van der Waals surface area contributed by atoms with Crippen LogP contribution in [0.3, 0.4) is 0 Å². The lowest BCUT2D eigenvalue weighted by molar-refractivity contribution is -0.149. The van der Waals surface area contributed by atoms with Crippen molar-refractivity contribution in [1.29, 1.82) is 0 Å². The van der Waals surface area contributed by atoms with Crippen molar-refractivity contribution in [2.75, 3.05) is 26.2 Å². The first-order chi connectivity index (χ1) is 11.6. The fraction of sp³-hybridized carbons (Fsp3) is 0.500. The first-order valence-electron chi connectivity index (χ1n) is 8.07. The van der Waals surface area contributed by atoms with Crippen LogP contribution in [0.2, 0.25) is 0 Å². The molecule has 2 aromatic heterocycles. The van der Waals surface area contributed by atoms with Crippen molar-refractivity contribution < 1.29 is 14.3 Å². The van der Waals surface area contributed by atoms with Crippen molar-refractivity contribution in [3.8, 4) is 0 Å². The lowest BCUT2D eigenvalue weighted by atomic mass is 9.89. The van der Waals surface area contributed by atoms with E-state index in [-0.39, 0.29) is 24.0 Å². The van der Waals surface area contributed by atoms with Crippen LogP contribution in [0, 0.1) is 6.92 Å². The summed E-state index contributed by atoms with van der Waals surface area (Å²) in [6, 6.07) is 1.81. The summed E-state index contributed by atoms with van der Waals surface area (Å²) < 4.78 is 7.43. The number of carbonyl (C=O) groups excluding carboxylic acids is 2. The van der Waals surface area contributed by atoms with Gasteiger partial charge in [0.05, 0.1) is 23.1 Å². The Hall–Kier alpha value is -2.48. The minimum absolute atomic E-state index is 0.0351. The van der Waals surface area contributed by atoms with E-state index in [0.717, 1.165) is 24.2 Å². The second-order valence-electron chi connectivity index (χ2n) is 6.40. The molecule has 0 atom stereocenters. The fourth-order valence-corrected chi connectivity index (χ4v) is 3.39. The molecule has 24 heavy (non-hydrogen) atoms. The summed E-state index contributed by atoms with van der Waals surface area (Å²) in [6.07, 6.45) is 4.73. The first-order valence-corrected chi connectivity index (χ1v) is 8.07. The summed E-state index contributed by atoms with van der Waals surface area (Å²) in [5.74, 6) is -0.111. The molecule has 2 fully saturated rings. The highest BCUT2D eigenvalue weighted by Gasteiger charge is 2.40. The van der Waals surface area contributed by atoms with E-state index >= 15 is 0 Å². The van der Waals surface area contributed by atoms with Crippen LogP contribution in [0.15, 0.2) is 18.5 Å². The molecular formula is C16H19N5O3. The van der Waals surface area contributed by atoms with Crippen LogP contribution in [0.25, 0.3) is 5.65 Å². The molecule has 2 saturated heterocycles. The Kier molecular flexibility index (Phi) is 3.49. The van der Waals surface area contributed by atoms with E-state index in [1.165, 1.54) is 0 Å². The highest BCUT2D eigenvalue weighted by atomic mass is 16.5. The molecule has 1 spiro atoms. The number of aryl methyl sites for hydroxylation is 1. The van der Waals surface area contributed by atoms with Gasteiger partial charge in [0, 0.05) is 31.9 Å². The van der Waals surface area contributed by atoms with Gasteiger partial charge in [-0.15, -0.1) is 0 Å². The van der Waals surface area contributed by atoms with Gasteiger partial charge in [-0.1, -0.05) is 0 Å². The van der Waals surface area contributed by atoms with E-state index in [4.69, 9.17) is 4.74 Å². The van der Waals surface area contributed by atoms with Gasteiger partial charge in [-0.05, 0) is 19.8 Å². The molecule has 4 heterocycles. The molecule has 4 rings (SSSR count). The van der Waals surface area contributed by atoms with Crippen LogP contribution in [0.1, 0.15) is 28.9 Å². The van der Waals surface area contributed by atoms with Crippen molar-refractivity contribution in [3.05, 3.63) is 29.7 Å². The number of nitrogens with one attached hydrogen (secondary N) is 1. The third-order valence-corrected chi connectivity index (χ3v) is 4.97. The maximum atomic E-state index is 12.8. The molecule has 1 N–H and O–H groups in total. The lowest BCUT2D eigenvalue weighted by Crippen LogP contribution is -2.58. The zero-order valence-corrected chi connectivity index (χ0v) is 13.5. The Labute approximate surface area is 138 Å². The number of fused-ring (bicyclic) bond motifs is 1. The van der Waals surface area contributed by atoms with Crippen LogP contribution < -0.4 is 5.32 Å². The monoisotopic (exact) mass is 329 g/mol. The predicted molar refractivity (Wildman–Crippen MR) is 84.6 cm³/mol. The van der Waals surface area contributed by atoms with E-state index in [1.807, 2.05) is 11.8 Å². The van der Waals surface area contributed by atoms with Gasteiger partial charge in [0.15, 0.2) is 5.65 Å². The molecule has 2 aromatic rings. The zero-order valence-electron chi connectivity index (χ0n) is 13.5. The second-order valence-corrected chi connectivity index (χ2v) is 6.40. The van der Waals surface area contributed by atoms with Crippen molar-refractivity contribution in [1.82, 2.24) is 24.8 Å². The van der Waals surface area contributed by atoms with E-state index in [9.17, 15) is 9.59 Å². The normalized spacial score (nSPS) is 20.4. The van der Waals surface area contributed by atoms with Gasteiger partial charge in [-0.3, -0.25) is 9.59 Å². The number of morpholine rings is 1. The number of ether oxygens (including phenoxy) is 1. The largest absolute Gasteiger partial charge is 0.363 e. The SMILES string of the molecule is Cc1c(C(=O)N2CCC3(CC2)CNC(=O)CO3)cnc2ccnn12. The predicted octanol–water partition coefficient (Wildman–Crippen LogP) is 0.159. The van der Waals surface area contributed by atoms with E-state index in [1.54, 1.807) is 23.0 Å². The van der Waals surface area contributed by atoms with Crippen molar-refractivity contribution in [2.24, 2.45) is 0 Å². The number of hydrogen-bond donors (Lipinski definition) is 1. The molecule has 2 aliphatic rings. The molecule has 0 aromatic carbocycles. The van der Waals surface area contributed by atoms with E-state index in [2.05, 4.69) is 15.4 Å². The summed E-state index contributed by atoms with van der Waals surface area (Å²) in [6.45, 7) is 3.71. The topological polar surface area (TPSA) is 88.8 Å². The van der Waals surface area contributed by atoms with Crippen molar-refractivity contribution in [3.63, 3.8) is 0 Å². The zero-order chi connectivity index (χ0) is 16.7. The van der Waals surface area contributed by atoms with Gasteiger partial charge in [0.25, 0.3) is 5.91 Å². The number of piperidine rings is 1. The molecule has 8 heteroatoms.